The zero-order valence-corrected chi connectivity index (χ0v) is 11.7. The van der Waals surface area contributed by atoms with Gasteiger partial charge in [0.05, 0.1) is 0 Å². The van der Waals surface area contributed by atoms with Crippen LogP contribution in [0.2, 0.25) is 5.15 Å². The number of hydrogen-bond donors (Lipinski definition) is 2. The Hall–Kier alpha value is -2.59. The molecule has 2 aromatic carbocycles. The molecule has 0 unspecified atom stereocenters. The highest BCUT2D eigenvalue weighted by molar-refractivity contribution is 6.29. The molecule has 5 heteroatoms. The Labute approximate surface area is 127 Å². The van der Waals surface area contributed by atoms with Gasteiger partial charge in [0, 0.05) is 23.4 Å². The number of hydrogen-bond acceptors (Lipinski definition) is 4. The predicted molar refractivity (Wildman–Crippen MR) is 83.9 cm³/mol. The second-order valence-electron chi connectivity index (χ2n) is 4.44. The smallest absolute Gasteiger partial charge is 0.163 e. The summed E-state index contributed by atoms with van der Waals surface area (Å²) in [7, 11) is 0. The highest BCUT2D eigenvalue weighted by Crippen LogP contribution is 2.24. The van der Waals surface area contributed by atoms with Gasteiger partial charge in [0.15, 0.2) is 5.82 Å². The van der Waals surface area contributed by atoms with E-state index in [0.29, 0.717) is 16.8 Å². The van der Waals surface area contributed by atoms with Gasteiger partial charge in [-0.1, -0.05) is 48.0 Å². The molecule has 1 aromatic heterocycles. The van der Waals surface area contributed by atoms with Gasteiger partial charge >= 0.3 is 0 Å². The molecule has 0 aliphatic heterocycles. The molecule has 2 N–H and O–H groups in total. The second-order valence-corrected chi connectivity index (χ2v) is 4.83. The van der Waals surface area contributed by atoms with Crippen LogP contribution in [-0.4, -0.2) is 15.1 Å². The first-order valence-corrected chi connectivity index (χ1v) is 6.74. The van der Waals surface area contributed by atoms with Crippen molar-refractivity contribution in [3.05, 3.63) is 65.8 Å². The highest BCUT2D eigenvalue weighted by Gasteiger charge is 2.06. The molecule has 21 heavy (non-hydrogen) atoms. The van der Waals surface area contributed by atoms with E-state index in [1.807, 2.05) is 36.4 Å². The minimum absolute atomic E-state index is 0.184. The molecule has 0 fully saturated rings. The van der Waals surface area contributed by atoms with Gasteiger partial charge in [-0.3, -0.25) is 0 Å². The van der Waals surface area contributed by atoms with Gasteiger partial charge in [0.1, 0.15) is 16.7 Å². The van der Waals surface area contributed by atoms with Crippen molar-refractivity contribution in [2.45, 2.75) is 0 Å². The van der Waals surface area contributed by atoms with Crippen molar-refractivity contribution in [1.82, 2.24) is 9.97 Å². The van der Waals surface area contributed by atoms with Crippen LogP contribution in [0.25, 0.3) is 11.4 Å². The Balaban J connectivity index is 1.95. The van der Waals surface area contributed by atoms with Crippen LogP contribution in [0, 0.1) is 0 Å². The molecule has 0 spiro atoms. The topological polar surface area (TPSA) is 58.0 Å². The third kappa shape index (κ3) is 3.30. The van der Waals surface area contributed by atoms with Crippen LogP contribution in [0.3, 0.4) is 0 Å². The number of rotatable bonds is 3. The van der Waals surface area contributed by atoms with Crippen molar-refractivity contribution in [1.29, 1.82) is 0 Å². The number of phenols is 1. The van der Waals surface area contributed by atoms with Gasteiger partial charge in [0.25, 0.3) is 0 Å². The zero-order valence-electron chi connectivity index (χ0n) is 11.0. The summed E-state index contributed by atoms with van der Waals surface area (Å²) >= 11 is 6.06. The molecular formula is C16H12ClN3O. The molecule has 3 rings (SSSR count). The summed E-state index contributed by atoms with van der Waals surface area (Å²) in [5.41, 5.74) is 1.61. The lowest BCUT2D eigenvalue weighted by Gasteiger charge is -2.08. The number of nitrogens with zero attached hydrogens (tertiary/aromatic N) is 2. The van der Waals surface area contributed by atoms with E-state index in [1.165, 1.54) is 0 Å². The van der Waals surface area contributed by atoms with Gasteiger partial charge in [-0.15, -0.1) is 0 Å². The summed E-state index contributed by atoms with van der Waals surface area (Å²) in [5, 5.41) is 12.9. The van der Waals surface area contributed by atoms with Crippen molar-refractivity contribution < 1.29 is 5.11 Å². The normalized spacial score (nSPS) is 10.3. The molecular weight excluding hydrogens is 286 g/mol. The Morgan fingerprint density at radius 2 is 1.71 bits per heavy atom. The summed E-state index contributed by atoms with van der Waals surface area (Å²) < 4.78 is 0. The van der Waals surface area contributed by atoms with Crippen molar-refractivity contribution in [2.75, 3.05) is 5.32 Å². The lowest BCUT2D eigenvalue weighted by atomic mass is 10.2. The summed E-state index contributed by atoms with van der Waals surface area (Å²) in [4.78, 5) is 8.67. The SMILES string of the molecule is Oc1cccc(Nc2cc(Cl)nc(-c3ccccc3)n2)c1. The third-order valence-electron chi connectivity index (χ3n) is 2.85. The molecule has 0 bridgehead atoms. The number of nitrogens with one attached hydrogen (secondary N) is 1. The molecule has 0 saturated carbocycles. The lowest BCUT2D eigenvalue weighted by molar-refractivity contribution is 0.475. The molecule has 0 atom stereocenters. The van der Waals surface area contributed by atoms with Crippen molar-refractivity contribution >= 4 is 23.1 Å². The van der Waals surface area contributed by atoms with E-state index in [4.69, 9.17) is 11.6 Å². The fourth-order valence-corrected chi connectivity index (χ4v) is 2.11. The van der Waals surface area contributed by atoms with Crippen molar-refractivity contribution in [2.24, 2.45) is 0 Å². The summed E-state index contributed by atoms with van der Waals surface area (Å²) in [6.07, 6.45) is 0. The Bertz CT molecular complexity index is 762. The first-order valence-electron chi connectivity index (χ1n) is 6.37. The maximum atomic E-state index is 9.48. The molecule has 0 saturated heterocycles. The van der Waals surface area contributed by atoms with Gasteiger partial charge in [0.2, 0.25) is 0 Å². The average molecular weight is 298 g/mol. The molecule has 0 radical (unpaired) electrons. The van der Waals surface area contributed by atoms with Gasteiger partial charge in [-0.05, 0) is 12.1 Å². The number of aromatic hydroxyl groups is 1. The van der Waals surface area contributed by atoms with E-state index in [9.17, 15) is 5.11 Å². The number of phenolic OH excluding ortho intramolecular Hbond substituents is 1. The lowest BCUT2D eigenvalue weighted by Crippen LogP contribution is -1.97. The molecule has 0 aliphatic carbocycles. The van der Waals surface area contributed by atoms with Gasteiger partial charge in [-0.25, -0.2) is 9.97 Å². The first kappa shape index (κ1) is 13.4. The monoisotopic (exact) mass is 297 g/mol. The summed E-state index contributed by atoms with van der Waals surface area (Å²) in [6.45, 7) is 0. The fraction of sp³-hybridized carbons (Fsp3) is 0. The van der Waals surface area contributed by atoms with Crippen LogP contribution in [0.1, 0.15) is 0 Å². The molecule has 1 heterocycles. The minimum Gasteiger partial charge on any atom is -0.508 e. The Morgan fingerprint density at radius 1 is 0.905 bits per heavy atom. The standard InChI is InChI=1S/C16H12ClN3O/c17-14-10-15(18-12-7-4-8-13(21)9-12)20-16(19-14)11-5-2-1-3-6-11/h1-10,21H,(H,18,19,20). The maximum absolute atomic E-state index is 9.48. The molecule has 4 nitrogen and oxygen atoms in total. The highest BCUT2D eigenvalue weighted by atomic mass is 35.5. The van der Waals surface area contributed by atoms with E-state index in [-0.39, 0.29) is 5.75 Å². The Morgan fingerprint density at radius 3 is 2.48 bits per heavy atom. The third-order valence-corrected chi connectivity index (χ3v) is 3.04. The fourth-order valence-electron chi connectivity index (χ4n) is 1.93. The maximum Gasteiger partial charge on any atom is 0.163 e. The zero-order chi connectivity index (χ0) is 14.7. The van der Waals surface area contributed by atoms with Crippen LogP contribution < -0.4 is 5.32 Å². The van der Waals surface area contributed by atoms with E-state index in [0.717, 1.165) is 11.3 Å². The van der Waals surface area contributed by atoms with Crippen molar-refractivity contribution in [3.63, 3.8) is 0 Å². The quantitative estimate of drug-likeness (QED) is 0.710. The van der Waals surface area contributed by atoms with E-state index < -0.39 is 0 Å². The molecule has 0 aliphatic rings. The summed E-state index contributed by atoms with van der Waals surface area (Å²) in [5.74, 6) is 1.30. The number of anilines is 2. The average Bonchev–Trinajstić information content (AvgIpc) is 2.47. The van der Waals surface area contributed by atoms with E-state index >= 15 is 0 Å². The summed E-state index contributed by atoms with van der Waals surface area (Å²) in [6, 6.07) is 18.0. The number of benzene rings is 2. The molecule has 3 aromatic rings. The van der Waals surface area contributed by atoms with Gasteiger partial charge in [-0.2, -0.15) is 0 Å². The van der Waals surface area contributed by atoms with Crippen LogP contribution in [0.4, 0.5) is 11.5 Å². The predicted octanol–water partition coefficient (Wildman–Crippen LogP) is 4.25. The van der Waals surface area contributed by atoms with Crippen LogP contribution >= 0.6 is 11.6 Å². The number of aromatic nitrogens is 2. The van der Waals surface area contributed by atoms with Crippen LogP contribution in [0.15, 0.2) is 60.7 Å². The second kappa shape index (κ2) is 5.81. The van der Waals surface area contributed by atoms with Crippen molar-refractivity contribution in [3.8, 4) is 17.1 Å². The Kier molecular flexibility index (Phi) is 3.71. The molecule has 0 amide bonds. The van der Waals surface area contributed by atoms with E-state index in [2.05, 4.69) is 15.3 Å². The first-order chi connectivity index (χ1) is 10.2. The van der Waals surface area contributed by atoms with E-state index in [1.54, 1.807) is 24.3 Å². The molecule has 104 valence electrons. The van der Waals surface area contributed by atoms with Crippen LogP contribution in [-0.2, 0) is 0 Å². The minimum atomic E-state index is 0.184. The number of halogens is 1. The van der Waals surface area contributed by atoms with Crippen LogP contribution in [0.5, 0.6) is 5.75 Å². The largest absolute Gasteiger partial charge is 0.508 e. The van der Waals surface area contributed by atoms with Gasteiger partial charge < -0.3 is 10.4 Å².